The van der Waals surface area contributed by atoms with Crippen LogP contribution in [0.1, 0.15) is 290 Å². The number of allylic oxidation sites excluding steroid dienone is 3. The minimum absolute atomic E-state index is 0.00973. The van der Waals surface area contributed by atoms with Crippen LogP contribution in [0.4, 0.5) is 0 Å². The molecular weight excluding hydrogens is 727 g/mol. The Kier molecular flexibility index (Phi) is 48.5. The van der Waals surface area contributed by atoms with Crippen LogP contribution in [0.2, 0.25) is 0 Å². The number of aliphatic hydroxyl groups is 3. The van der Waals surface area contributed by atoms with E-state index in [9.17, 15) is 20.1 Å². The van der Waals surface area contributed by atoms with Crippen molar-refractivity contribution in [2.45, 2.75) is 308 Å². The smallest absolute Gasteiger partial charge is 0.222 e. The maximum absolute atomic E-state index is 12.4. The average molecular weight is 832 g/mol. The number of hydrogen-bond acceptors (Lipinski definition) is 4. The third kappa shape index (κ3) is 46.2. The molecule has 0 bridgehead atoms. The molecule has 0 aromatic heterocycles. The largest absolute Gasteiger partial charge is 0.394 e. The molecule has 0 rings (SSSR count). The van der Waals surface area contributed by atoms with Gasteiger partial charge in [0.15, 0.2) is 0 Å². The number of carbonyl (C=O) groups is 1. The molecule has 0 spiro atoms. The zero-order valence-corrected chi connectivity index (χ0v) is 39.9. The van der Waals surface area contributed by atoms with Crippen molar-refractivity contribution >= 4 is 5.91 Å². The van der Waals surface area contributed by atoms with Crippen molar-refractivity contribution in [1.29, 1.82) is 0 Å². The molecule has 350 valence electrons. The predicted molar refractivity (Wildman–Crippen MR) is 259 cm³/mol. The maximum atomic E-state index is 12.4. The zero-order valence-electron chi connectivity index (χ0n) is 39.9. The van der Waals surface area contributed by atoms with E-state index in [0.29, 0.717) is 6.42 Å². The van der Waals surface area contributed by atoms with Crippen LogP contribution < -0.4 is 5.32 Å². The summed E-state index contributed by atoms with van der Waals surface area (Å²) in [4.78, 5) is 12.4. The number of aliphatic hydroxyl groups excluding tert-OH is 3. The first-order valence-electron chi connectivity index (χ1n) is 26.6. The van der Waals surface area contributed by atoms with Crippen LogP contribution in [-0.2, 0) is 4.79 Å². The Morgan fingerprint density at radius 2 is 0.729 bits per heavy atom. The van der Waals surface area contributed by atoms with Crippen molar-refractivity contribution in [3.8, 4) is 0 Å². The van der Waals surface area contributed by atoms with Gasteiger partial charge >= 0.3 is 0 Å². The molecule has 5 heteroatoms. The van der Waals surface area contributed by atoms with E-state index in [1.54, 1.807) is 6.08 Å². The van der Waals surface area contributed by atoms with E-state index < -0.39 is 18.2 Å². The second kappa shape index (κ2) is 49.5. The van der Waals surface area contributed by atoms with E-state index >= 15 is 0 Å². The van der Waals surface area contributed by atoms with Crippen molar-refractivity contribution in [1.82, 2.24) is 5.32 Å². The summed E-state index contributed by atoms with van der Waals surface area (Å²) in [6, 6.07) is -0.757. The Morgan fingerprint density at radius 3 is 1.08 bits per heavy atom. The normalized spacial score (nSPS) is 13.5. The summed E-state index contributed by atoms with van der Waals surface area (Å²) in [5, 5.41) is 33.2. The Bertz CT molecular complexity index is 874. The summed E-state index contributed by atoms with van der Waals surface area (Å²) < 4.78 is 0. The zero-order chi connectivity index (χ0) is 43.0. The summed E-state index contributed by atoms with van der Waals surface area (Å²) in [5.41, 5.74) is 0. The van der Waals surface area contributed by atoms with E-state index in [2.05, 4.69) is 31.3 Å². The highest BCUT2D eigenvalue weighted by molar-refractivity contribution is 5.76. The lowest BCUT2D eigenvalue weighted by molar-refractivity contribution is -0.124. The molecule has 0 aromatic rings. The third-order valence-electron chi connectivity index (χ3n) is 12.5. The van der Waals surface area contributed by atoms with Crippen molar-refractivity contribution in [2.75, 3.05) is 6.61 Å². The molecular formula is C54H105NO4. The first-order chi connectivity index (χ1) is 29.0. The standard InChI is InChI=1S/C54H105NO4/c1-3-5-7-9-11-13-15-16-17-18-19-20-21-22-23-24-25-26-27-28-29-30-31-32-33-34-35-36-38-39-41-43-45-47-51(57)49-54(59)55-52(50-56)53(58)48-46-44-42-40-37-14-12-10-8-6-4-2/h37,40,46,48,51-53,56-58H,3-36,38-39,41-45,47,49-50H2,1-2H3,(H,55,59)/b40-37+,48-46+. The van der Waals surface area contributed by atoms with Gasteiger partial charge in [-0.3, -0.25) is 4.79 Å². The molecule has 0 saturated heterocycles. The molecule has 0 saturated carbocycles. The lowest BCUT2D eigenvalue weighted by Gasteiger charge is -2.21. The lowest BCUT2D eigenvalue weighted by atomic mass is 10.0. The van der Waals surface area contributed by atoms with Crippen LogP contribution in [0.5, 0.6) is 0 Å². The van der Waals surface area contributed by atoms with Gasteiger partial charge in [-0.1, -0.05) is 276 Å². The molecule has 0 aliphatic carbocycles. The molecule has 4 N–H and O–H groups in total. The Hall–Kier alpha value is -1.17. The summed E-state index contributed by atoms with van der Waals surface area (Å²) in [5.74, 6) is -0.322. The minimum Gasteiger partial charge on any atom is -0.394 e. The van der Waals surface area contributed by atoms with Gasteiger partial charge in [-0.2, -0.15) is 0 Å². The Morgan fingerprint density at radius 1 is 0.424 bits per heavy atom. The Labute approximate surface area is 369 Å². The second-order valence-electron chi connectivity index (χ2n) is 18.5. The van der Waals surface area contributed by atoms with Gasteiger partial charge in [0.2, 0.25) is 5.91 Å². The first kappa shape index (κ1) is 57.8. The van der Waals surface area contributed by atoms with Crippen molar-refractivity contribution in [3.05, 3.63) is 24.3 Å². The summed E-state index contributed by atoms with van der Waals surface area (Å²) in [7, 11) is 0. The molecule has 0 aliphatic heterocycles. The van der Waals surface area contributed by atoms with E-state index in [1.165, 1.54) is 231 Å². The number of nitrogens with one attached hydrogen (secondary N) is 1. The molecule has 3 unspecified atom stereocenters. The van der Waals surface area contributed by atoms with E-state index in [0.717, 1.165) is 32.1 Å². The van der Waals surface area contributed by atoms with Gasteiger partial charge in [-0.25, -0.2) is 0 Å². The fourth-order valence-corrected chi connectivity index (χ4v) is 8.42. The number of unbranched alkanes of at least 4 members (excludes halogenated alkanes) is 38. The van der Waals surface area contributed by atoms with Gasteiger partial charge < -0.3 is 20.6 Å². The molecule has 1 amide bonds. The van der Waals surface area contributed by atoms with Crippen LogP contribution in [0.25, 0.3) is 0 Å². The molecule has 0 fully saturated rings. The van der Waals surface area contributed by atoms with Crippen molar-refractivity contribution in [2.24, 2.45) is 0 Å². The Balaban J connectivity index is 3.45. The second-order valence-corrected chi connectivity index (χ2v) is 18.5. The molecule has 0 aromatic carbocycles. The first-order valence-corrected chi connectivity index (χ1v) is 26.6. The summed E-state index contributed by atoms with van der Waals surface area (Å²) >= 11 is 0. The fraction of sp³-hybridized carbons (Fsp3) is 0.907. The maximum Gasteiger partial charge on any atom is 0.222 e. The molecule has 0 radical (unpaired) electrons. The van der Waals surface area contributed by atoms with Crippen LogP contribution in [-0.4, -0.2) is 46.1 Å². The van der Waals surface area contributed by atoms with E-state index in [1.807, 2.05) is 6.08 Å². The number of amides is 1. The quantitative estimate of drug-likeness (QED) is 0.0363. The van der Waals surface area contributed by atoms with Crippen LogP contribution in [0.3, 0.4) is 0 Å². The van der Waals surface area contributed by atoms with E-state index in [-0.39, 0.29) is 18.9 Å². The van der Waals surface area contributed by atoms with Gasteiger partial charge in [0.1, 0.15) is 0 Å². The summed E-state index contributed by atoms with van der Waals surface area (Å²) in [6.07, 6.45) is 62.4. The van der Waals surface area contributed by atoms with Crippen LogP contribution in [0.15, 0.2) is 24.3 Å². The average Bonchev–Trinajstić information content (AvgIpc) is 3.23. The number of rotatable bonds is 49. The predicted octanol–water partition coefficient (Wildman–Crippen LogP) is 16.1. The molecule has 5 nitrogen and oxygen atoms in total. The SMILES string of the molecule is CCCCCCC/C=C/CC/C=C/C(O)C(CO)NC(=O)CC(O)CCCCCCCCCCCCCCCCCCCCCCCCCCCCCCCCCCC. The third-order valence-corrected chi connectivity index (χ3v) is 12.5. The van der Waals surface area contributed by atoms with Crippen LogP contribution >= 0.6 is 0 Å². The van der Waals surface area contributed by atoms with Crippen molar-refractivity contribution in [3.63, 3.8) is 0 Å². The highest BCUT2D eigenvalue weighted by Crippen LogP contribution is 2.18. The van der Waals surface area contributed by atoms with Crippen molar-refractivity contribution < 1.29 is 20.1 Å². The van der Waals surface area contributed by atoms with Gasteiger partial charge in [0.25, 0.3) is 0 Å². The monoisotopic (exact) mass is 832 g/mol. The van der Waals surface area contributed by atoms with Gasteiger partial charge in [-0.15, -0.1) is 0 Å². The molecule has 0 heterocycles. The fourth-order valence-electron chi connectivity index (χ4n) is 8.42. The molecule has 59 heavy (non-hydrogen) atoms. The van der Waals surface area contributed by atoms with Gasteiger partial charge in [-0.05, 0) is 32.1 Å². The topological polar surface area (TPSA) is 89.8 Å². The molecule has 3 atom stereocenters. The van der Waals surface area contributed by atoms with Crippen LogP contribution in [0, 0.1) is 0 Å². The number of carbonyl (C=O) groups excluding carboxylic acids is 1. The minimum atomic E-state index is -0.948. The van der Waals surface area contributed by atoms with Gasteiger partial charge in [0.05, 0.1) is 31.3 Å². The van der Waals surface area contributed by atoms with E-state index in [4.69, 9.17) is 0 Å². The highest BCUT2D eigenvalue weighted by Gasteiger charge is 2.20. The number of hydrogen-bond donors (Lipinski definition) is 4. The highest BCUT2D eigenvalue weighted by atomic mass is 16.3. The lowest BCUT2D eigenvalue weighted by Crippen LogP contribution is -2.45. The van der Waals surface area contributed by atoms with Gasteiger partial charge in [0, 0.05) is 0 Å². The summed E-state index contributed by atoms with van der Waals surface area (Å²) in [6.45, 7) is 4.19. The molecule has 0 aliphatic rings.